The number of nitrogens with zero attached hydrogens (tertiary/aromatic N) is 1. The Bertz CT molecular complexity index is 986. The Balaban J connectivity index is 1.43. The summed E-state index contributed by atoms with van der Waals surface area (Å²) >= 11 is 0. The molecule has 32 heavy (non-hydrogen) atoms. The maximum Gasteiger partial charge on any atom is 0.303 e. The monoisotopic (exact) mass is 441 g/mol. The zero-order chi connectivity index (χ0) is 22.5. The highest BCUT2D eigenvalue weighted by molar-refractivity contribution is 5.96. The Hall–Kier alpha value is -2.93. The third-order valence-corrected chi connectivity index (χ3v) is 6.21. The number of para-hydroxylation sites is 1. The molecule has 0 atom stereocenters. The fourth-order valence-corrected chi connectivity index (χ4v) is 4.43. The van der Waals surface area contributed by atoms with Crippen LogP contribution in [-0.4, -0.2) is 36.7 Å². The van der Waals surface area contributed by atoms with Gasteiger partial charge in [0.25, 0.3) is 0 Å². The van der Waals surface area contributed by atoms with E-state index in [4.69, 9.17) is 14.6 Å². The summed E-state index contributed by atoms with van der Waals surface area (Å²) < 4.78 is 25.5. The second kappa shape index (κ2) is 10.1. The lowest BCUT2D eigenvalue weighted by Gasteiger charge is -2.25. The van der Waals surface area contributed by atoms with Gasteiger partial charge in [-0.25, -0.2) is 4.39 Å². The molecular weight excluding hydrogens is 413 g/mol. The average molecular weight is 441 g/mol. The highest BCUT2D eigenvalue weighted by Gasteiger charge is 2.29. The Kier molecular flexibility index (Phi) is 7.05. The van der Waals surface area contributed by atoms with E-state index in [9.17, 15) is 14.0 Å². The van der Waals surface area contributed by atoms with E-state index < -0.39 is 11.8 Å². The molecule has 0 unspecified atom stereocenters. The quantitative estimate of drug-likeness (QED) is 0.667. The highest BCUT2D eigenvalue weighted by atomic mass is 19.1. The third kappa shape index (κ3) is 5.27. The first-order chi connectivity index (χ1) is 15.5. The predicted octanol–water partition coefficient (Wildman–Crippen LogP) is 4.13. The average Bonchev–Trinajstić information content (AvgIpc) is 3.22. The van der Waals surface area contributed by atoms with Crippen molar-refractivity contribution >= 4 is 17.6 Å². The van der Waals surface area contributed by atoms with Crippen LogP contribution in [0.3, 0.4) is 0 Å². The number of rotatable bonds is 8. The molecule has 1 saturated heterocycles. The molecule has 6 nitrogen and oxygen atoms in total. The summed E-state index contributed by atoms with van der Waals surface area (Å²) in [6.45, 7) is 2.33. The number of ether oxygens (including phenoxy) is 2. The minimum Gasteiger partial charge on any atom is -0.489 e. The van der Waals surface area contributed by atoms with Crippen LogP contribution in [0.25, 0.3) is 0 Å². The largest absolute Gasteiger partial charge is 0.489 e. The van der Waals surface area contributed by atoms with Crippen LogP contribution in [-0.2, 0) is 33.8 Å². The molecule has 0 saturated carbocycles. The molecule has 2 aromatic carbocycles. The van der Waals surface area contributed by atoms with Crippen molar-refractivity contribution in [2.24, 2.45) is 5.92 Å². The van der Waals surface area contributed by atoms with Crippen molar-refractivity contribution in [3.63, 3.8) is 0 Å². The van der Waals surface area contributed by atoms with Crippen molar-refractivity contribution in [2.75, 3.05) is 24.7 Å². The van der Waals surface area contributed by atoms with Crippen LogP contribution >= 0.6 is 0 Å². The van der Waals surface area contributed by atoms with E-state index in [2.05, 4.69) is 0 Å². The number of carbonyl (C=O) groups excluding carboxylic acids is 1. The molecule has 1 N–H and O–H groups in total. The first kappa shape index (κ1) is 22.3. The van der Waals surface area contributed by atoms with Gasteiger partial charge in [-0.1, -0.05) is 24.3 Å². The van der Waals surface area contributed by atoms with Crippen LogP contribution in [0, 0.1) is 11.7 Å². The molecule has 2 heterocycles. The smallest absolute Gasteiger partial charge is 0.303 e. The number of anilines is 1. The van der Waals surface area contributed by atoms with Gasteiger partial charge in [-0.3, -0.25) is 9.59 Å². The van der Waals surface area contributed by atoms with Crippen LogP contribution in [0.4, 0.5) is 10.1 Å². The number of amides is 1. The van der Waals surface area contributed by atoms with Crippen molar-refractivity contribution in [1.29, 1.82) is 0 Å². The van der Waals surface area contributed by atoms with Gasteiger partial charge in [-0.15, -0.1) is 0 Å². The van der Waals surface area contributed by atoms with Gasteiger partial charge in [0.1, 0.15) is 18.2 Å². The van der Waals surface area contributed by atoms with Crippen LogP contribution in [0.5, 0.6) is 5.75 Å². The standard InChI is InChI=1S/C25H28FNO5/c26-22-15-21(6-4-18(22)5-7-24(29)30)32-16-20-3-1-2-19-8-11-27(25(19)20)23(28)14-17-9-12-31-13-10-17/h1-4,6,15,17H,5,7-14,16H2,(H,29,30). The van der Waals surface area contributed by atoms with E-state index in [0.717, 1.165) is 49.3 Å². The minimum absolute atomic E-state index is 0.120. The molecule has 2 aliphatic rings. The maximum atomic E-state index is 14.3. The zero-order valence-electron chi connectivity index (χ0n) is 18.0. The number of aliphatic carboxylic acids is 1. The molecule has 4 rings (SSSR count). The first-order valence-electron chi connectivity index (χ1n) is 11.1. The van der Waals surface area contributed by atoms with Crippen molar-refractivity contribution in [2.45, 2.75) is 45.1 Å². The molecular formula is C25H28FNO5. The Morgan fingerprint density at radius 3 is 2.72 bits per heavy atom. The first-order valence-corrected chi connectivity index (χ1v) is 11.1. The summed E-state index contributed by atoms with van der Waals surface area (Å²) in [4.78, 5) is 25.6. The van der Waals surface area contributed by atoms with Crippen LogP contribution in [0.2, 0.25) is 0 Å². The lowest BCUT2D eigenvalue weighted by molar-refractivity contribution is -0.137. The molecule has 1 amide bonds. The van der Waals surface area contributed by atoms with Gasteiger partial charge in [0, 0.05) is 44.2 Å². The van der Waals surface area contributed by atoms with Crippen LogP contribution < -0.4 is 9.64 Å². The molecule has 0 radical (unpaired) electrons. The number of carboxylic acid groups (broad SMARTS) is 1. The molecule has 0 spiro atoms. The molecule has 0 bridgehead atoms. The normalized spacial score (nSPS) is 16.1. The summed E-state index contributed by atoms with van der Waals surface area (Å²) in [5.74, 6) is -0.561. The Labute approximate surface area is 186 Å². The summed E-state index contributed by atoms with van der Waals surface area (Å²) in [6.07, 6.45) is 3.20. The van der Waals surface area contributed by atoms with E-state index >= 15 is 0 Å². The molecule has 2 aromatic rings. The minimum atomic E-state index is -0.960. The third-order valence-electron chi connectivity index (χ3n) is 6.21. The van der Waals surface area contributed by atoms with Gasteiger partial charge in [-0.05, 0) is 48.8 Å². The van der Waals surface area contributed by atoms with Gasteiger partial charge in [-0.2, -0.15) is 0 Å². The van der Waals surface area contributed by atoms with E-state index in [1.165, 1.54) is 6.07 Å². The molecule has 2 aliphatic heterocycles. The number of hydrogen-bond acceptors (Lipinski definition) is 4. The number of benzene rings is 2. The summed E-state index contributed by atoms with van der Waals surface area (Å²) in [7, 11) is 0. The molecule has 1 fully saturated rings. The fourth-order valence-electron chi connectivity index (χ4n) is 4.43. The number of hydrogen-bond donors (Lipinski definition) is 1. The van der Waals surface area contributed by atoms with E-state index in [1.54, 1.807) is 12.1 Å². The van der Waals surface area contributed by atoms with Gasteiger partial charge in [0.05, 0.1) is 5.69 Å². The summed E-state index contributed by atoms with van der Waals surface area (Å²) in [5, 5.41) is 8.78. The van der Waals surface area contributed by atoms with Crippen molar-refractivity contribution in [1.82, 2.24) is 0 Å². The number of carbonyl (C=O) groups is 2. The van der Waals surface area contributed by atoms with Gasteiger partial charge in [0.2, 0.25) is 5.91 Å². The van der Waals surface area contributed by atoms with E-state index in [0.29, 0.717) is 30.2 Å². The molecule has 170 valence electrons. The Morgan fingerprint density at radius 2 is 1.97 bits per heavy atom. The van der Waals surface area contributed by atoms with Crippen LogP contribution in [0.1, 0.15) is 42.4 Å². The topological polar surface area (TPSA) is 76.1 Å². The molecule has 7 heteroatoms. The van der Waals surface area contributed by atoms with E-state index in [1.807, 2.05) is 23.1 Å². The van der Waals surface area contributed by atoms with Crippen LogP contribution in [0.15, 0.2) is 36.4 Å². The number of carboxylic acids is 1. The van der Waals surface area contributed by atoms with Crippen molar-refractivity contribution < 1.29 is 28.6 Å². The number of aryl methyl sites for hydroxylation is 1. The summed E-state index contributed by atoms with van der Waals surface area (Å²) in [6, 6.07) is 10.4. The van der Waals surface area contributed by atoms with Crippen molar-refractivity contribution in [3.05, 3.63) is 58.9 Å². The highest BCUT2D eigenvalue weighted by Crippen LogP contribution is 2.34. The predicted molar refractivity (Wildman–Crippen MR) is 117 cm³/mol. The van der Waals surface area contributed by atoms with Gasteiger partial charge >= 0.3 is 5.97 Å². The SMILES string of the molecule is O=C(O)CCc1ccc(OCc2cccc3c2N(C(=O)CC2CCOCC2)CC3)cc1F. The van der Waals surface area contributed by atoms with Gasteiger partial charge in [0.15, 0.2) is 0 Å². The zero-order valence-corrected chi connectivity index (χ0v) is 18.0. The van der Waals surface area contributed by atoms with Gasteiger partial charge < -0.3 is 19.5 Å². The molecule has 0 aromatic heterocycles. The number of halogens is 1. The fraction of sp³-hybridized carbons (Fsp3) is 0.440. The second-order valence-electron chi connectivity index (χ2n) is 8.42. The second-order valence-corrected chi connectivity index (χ2v) is 8.42. The number of fused-ring (bicyclic) bond motifs is 1. The maximum absolute atomic E-state index is 14.3. The molecule has 0 aliphatic carbocycles. The van der Waals surface area contributed by atoms with E-state index in [-0.39, 0.29) is 25.4 Å². The lowest BCUT2D eigenvalue weighted by Crippen LogP contribution is -2.32. The lowest BCUT2D eigenvalue weighted by atomic mass is 9.96. The summed E-state index contributed by atoms with van der Waals surface area (Å²) in [5.41, 5.74) is 3.30. The Morgan fingerprint density at radius 1 is 1.16 bits per heavy atom. The van der Waals surface area contributed by atoms with Crippen molar-refractivity contribution in [3.8, 4) is 5.75 Å².